The van der Waals surface area contributed by atoms with E-state index in [0.717, 1.165) is 30.0 Å². The molecule has 0 spiro atoms. The molecular weight excluding hydrogens is 298 g/mol. The van der Waals surface area contributed by atoms with E-state index in [9.17, 15) is 8.42 Å². The first-order chi connectivity index (χ1) is 10.6. The van der Waals surface area contributed by atoms with Crippen LogP contribution in [0, 0.1) is 0 Å². The van der Waals surface area contributed by atoms with Gasteiger partial charge in [0.2, 0.25) is 10.0 Å². The molecule has 0 aliphatic carbocycles. The fourth-order valence-corrected chi connectivity index (χ4v) is 3.98. The van der Waals surface area contributed by atoms with Gasteiger partial charge in [-0.15, -0.1) is 0 Å². The lowest BCUT2D eigenvalue weighted by Crippen LogP contribution is -2.16. The van der Waals surface area contributed by atoms with Gasteiger partial charge in [-0.05, 0) is 25.3 Å². The van der Waals surface area contributed by atoms with Crippen molar-refractivity contribution < 1.29 is 8.42 Å². The smallest absolute Gasteiger partial charge is 0.232 e. The summed E-state index contributed by atoms with van der Waals surface area (Å²) >= 11 is 0. The fraction of sp³-hybridized carbons (Fsp3) is 0.438. The van der Waals surface area contributed by atoms with Crippen LogP contribution in [0.3, 0.4) is 0 Å². The summed E-state index contributed by atoms with van der Waals surface area (Å²) in [5.41, 5.74) is 2.28. The van der Waals surface area contributed by atoms with Crippen LogP contribution in [-0.2, 0) is 23.0 Å². The fourth-order valence-electron chi connectivity index (χ4n) is 2.83. The third-order valence-corrected chi connectivity index (χ3v) is 5.33. The number of rotatable bonds is 5. The highest BCUT2D eigenvalue weighted by Gasteiger charge is 2.17. The number of hydrogen-bond acceptors (Lipinski definition) is 3. The van der Waals surface area contributed by atoms with Crippen molar-refractivity contribution in [2.75, 3.05) is 10.5 Å². The molecule has 0 saturated heterocycles. The maximum absolute atomic E-state index is 12.0. The second-order valence-corrected chi connectivity index (χ2v) is 7.50. The zero-order valence-electron chi connectivity index (χ0n) is 12.7. The molecule has 0 atom stereocenters. The van der Waals surface area contributed by atoms with E-state index >= 15 is 0 Å². The van der Waals surface area contributed by atoms with E-state index in [-0.39, 0.29) is 5.75 Å². The molecule has 1 aliphatic rings. The molecule has 2 heterocycles. The third kappa shape index (κ3) is 3.16. The number of aromatic nitrogens is 2. The molecule has 0 fully saturated rings. The van der Waals surface area contributed by atoms with E-state index in [1.807, 2.05) is 31.3 Å². The van der Waals surface area contributed by atoms with Crippen molar-refractivity contribution in [2.45, 2.75) is 39.2 Å². The van der Waals surface area contributed by atoms with Crippen LogP contribution in [0.15, 0.2) is 30.5 Å². The van der Waals surface area contributed by atoms with Gasteiger partial charge >= 0.3 is 0 Å². The standard InChI is InChI=1S/C16H21N3O2S/c1-2-11-22(20,21)18-14-8-4-3-7-13(14)15-12-19-10-6-5-9-16(19)17-15/h3-4,7-8,12,18H,2,5-6,9-11H2,1H3. The van der Waals surface area contributed by atoms with Crippen molar-refractivity contribution in [1.29, 1.82) is 0 Å². The highest BCUT2D eigenvalue weighted by molar-refractivity contribution is 7.92. The summed E-state index contributed by atoms with van der Waals surface area (Å²) in [6.07, 6.45) is 5.95. The van der Waals surface area contributed by atoms with Crippen molar-refractivity contribution in [3.05, 3.63) is 36.3 Å². The molecule has 1 aromatic carbocycles. The lowest BCUT2D eigenvalue weighted by Gasteiger charge is -2.11. The number of para-hydroxylation sites is 1. The summed E-state index contributed by atoms with van der Waals surface area (Å²) in [4.78, 5) is 4.69. The maximum Gasteiger partial charge on any atom is 0.232 e. The molecule has 0 saturated carbocycles. The second kappa shape index (κ2) is 6.12. The number of nitrogens with zero attached hydrogens (tertiary/aromatic N) is 2. The number of fused-ring (bicyclic) bond motifs is 1. The van der Waals surface area contributed by atoms with E-state index in [0.29, 0.717) is 12.1 Å². The minimum atomic E-state index is -3.30. The van der Waals surface area contributed by atoms with Gasteiger partial charge in [0.15, 0.2) is 0 Å². The average Bonchev–Trinajstić information content (AvgIpc) is 2.91. The topological polar surface area (TPSA) is 64.0 Å². The van der Waals surface area contributed by atoms with Gasteiger partial charge in [0.05, 0.1) is 17.1 Å². The molecule has 0 unspecified atom stereocenters. The molecule has 1 aliphatic heterocycles. The number of nitrogens with one attached hydrogen (secondary N) is 1. The summed E-state index contributed by atoms with van der Waals surface area (Å²) in [5, 5.41) is 0. The predicted molar refractivity (Wildman–Crippen MR) is 88.3 cm³/mol. The Hall–Kier alpha value is -1.82. The van der Waals surface area contributed by atoms with E-state index in [1.54, 1.807) is 6.07 Å². The van der Waals surface area contributed by atoms with Gasteiger partial charge in [-0.3, -0.25) is 4.72 Å². The summed E-state index contributed by atoms with van der Waals surface area (Å²) in [6, 6.07) is 7.45. The van der Waals surface area contributed by atoms with E-state index in [4.69, 9.17) is 0 Å². The zero-order chi connectivity index (χ0) is 15.6. The molecule has 0 amide bonds. The Labute approximate surface area is 131 Å². The van der Waals surface area contributed by atoms with Gasteiger partial charge in [-0.1, -0.05) is 25.1 Å². The first-order valence-corrected chi connectivity index (χ1v) is 9.40. The summed E-state index contributed by atoms with van der Waals surface area (Å²) < 4.78 is 28.9. The van der Waals surface area contributed by atoms with Crippen LogP contribution >= 0.6 is 0 Å². The number of aryl methyl sites for hydroxylation is 2. The highest BCUT2D eigenvalue weighted by atomic mass is 32.2. The average molecular weight is 319 g/mol. The second-order valence-electron chi connectivity index (χ2n) is 5.66. The molecule has 1 N–H and O–H groups in total. The lowest BCUT2D eigenvalue weighted by atomic mass is 10.1. The molecular formula is C16H21N3O2S. The third-order valence-electron chi connectivity index (χ3n) is 3.85. The maximum atomic E-state index is 12.0. The van der Waals surface area contributed by atoms with Crippen molar-refractivity contribution in [2.24, 2.45) is 0 Å². The quantitative estimate of drug-likeness (QED) is 0.921. The van der Waals surface area contributed by atoms with Crippen LogP contribution in [-0.4, -0.2) is 23.7 Å². The monoisotopic (exact) mass is 319 g/mol. The SMILES string of the molecule is CCCS(=O)(=O)Nc1ccccc1-c1cn2c(n1)CCCC2. The van der Waals surface area contributed by atoms with Crippen molar-refractivity contribution in [1.82, 2.24) is 9.55 Å². The van der Waals surface area contributed by atoms with Crippen LogP contribution < -0.4 is 4.72 Å². The van der Waals surface area contributed by atoms with Crippen molar-refractivity contribution in [3.8, 4) is 11.3 Å². The number of sulfonamides is 1. The van der Waals surface area contributed by atoms with Crippen LogP contribution in [0.2, 0.25) is 0 Å². The van der Waals surface area contributed by atoms with Crippen LogP contribution in [0.5, 0.6) is 0 Å². The minimum absolute atomic E-state index is 0.126. The molecule has 1 aromatic heterocycles. The Balaban J connectivity index is 1.96. The Morgan fingerprint density at radius 1 is 1.27 bits per heavy atom. The molecule has 0 bridgehead atoms. The van der Waals surface area contributed by atoms with Crippen molar-refractivity contribution >= 4 is 15.7 Å². The summed E-state index contributed by atoms with van der Waals surface area (Å²) in [5.74, 6) is 1.22. The molecule has 118 valence electrons. The van der Waals surface area contributed by atoms with Crippen LogP contribution in [0.4, 0.5) is 5.69 Å². The first kappa shape index (κ1) is 15.1. The minimum Gasteiger partial charge on any atom is -0.334 e. The van der Waals surface area contributed by atoms with Gasteiger partial charge in [0.25, 0.3) is 0 Å². The number of imidazole rings is 1. The predicted octanol–water partition coefficient (Wildman–Crippen LogP) is 3.04. The first-order valence-electron chi connectivity index (χ1n) is 7.75. The van der Waals surface area contributed by atoms with E-state index in [2.05, 4.69) is 14.3 Å². The molecule has 5 nitrogen and oxygen atoms in total. The molecule has 3 rings (SSSR count). The van der Waals surface area contributed by atoms with Gasteiger partial charge in [0.1, 0.15) is 5.82 Å². The Bertz CT molecular complexity index is 742. The molecule has 22 heavy (non-hydrogen) atoms. The van der Waals surface area contributed by atoms with E-state index < -0.39 is 10.0 Å². The zero-order valence-corrected chi connectivity index (χ0v) is 13.6. The van der Waals surface area contributed by atoms with Crippen molar-refractivity contribution in [3.63, 3.8) is 0 Å². The number of hydrogen-bond donors (Lipinski definition) is 1. The lowest BCUT2D eigenvalue weighted by molar-refractivity contribution is 0.522. The van der Waals surface area contributed by atoms with Crippen LogP contribution in [0.1, 0.15) is 32.0 Å². The Kier molecular flexibility index (Phi) is 4.20. The number of anilines is 1. The Morgan fingerprint density at radius 3 is 2.86 bits per heavy atom. The van der Waals surface area contributed by atoms with Crippen LogP contribution in [0.25, 0.3) is 11.3 Å². The van der Waals surface area contributed by atoms with Gasteiger partial charge in [-0.2, -0.15) is 0 Å². The normalized spacial score (nSPS) is 14.6. The van der Waals surface area contributed by atoms with Gasteiger partial charge < -0.3 is 4.57 Å². The number of benzene rings is 1. The van der Waals surface area contributed by atoms with E-state index in [1.165, 1.54) is 12.8 Å². The largest absolute Gasteiger partial charge is 0.334 e. The van der Waals surface area contributed by atoms with Gasteiger partial charge in [0, 0.05) is 24.7 Å². The molecule has 6 heteroatoms. The molecule has 0 radical (unpaired) electrons. The summed E-state index contributed by atoms with van der Waals surface area (Å²) in [6.45, 7) is 2.85. The highest BCUT2D eigenvalue weighted by Crippen LogP contribution is 2.29. The van der Waals surface area contributed by atoms with Gasteiger partial charge in [-0.25, -0.2) is 13.4 Å². The summed E-state index contributed by atoms with van der Waals surface area (Å²) in [7, 11) is -3.30. The Morgan fingerprint density at radius 2 is 2.09 bits per heavy atom. The molecule has 2 aromatic rings.